The molecule has 2 aromatic rings. The molecule has 0 saturated heterocycles. The number of aliphatic carboxylic acids is 1. The predicted molar refractivity (Wildman–Crippen MR) is 84.6 cm³/mol. The third kappa shape index (κ3) is 4.32. The molecule has 7 heteroatoms. The van der Waals surface area contributed by atoms with E-state index < -0.39 is 5.97 Å². The van der Waals surface area contributed by atoms with Gasteiger partial charge in [-0.1, -0.05) is 12.1 Å². The first kappa shape index (κ1) is 16.5. The lowest BCUT2D eigenvalue weighted by atomic mass is 10.1. The lowest BCUT2D eigenvalue weighted by molar-refractivity contribution is -0.136. The number of benzene rings is 1. The third-order valence-corrected chi connectivity index (χ3v) is 3.38. The van der Waals surface area contributed by atoms with E-state index in [-0.39, 0.29) is 18.9 Å². The summed E-state index contributed by atoms with van der Waals surface area (Å²) in [5.74, 6) is -0.574. The minimum atomic E-state index is -0.891. The van der Waals surface area contributed by atoms with Gasteiger partial charge in [0.2, 0.25) is 0 Å². The maximum absolute atomic E-state index is 11.9. The molecular weight excluding hydrogens is 298 g/mol. The van der Waals surface area contributed by atoms with E-state index in [1.807, 2.05) is 20.9 Å². The Morgan fingerprint density at radius 1 is 1.26 bits per heavy atom. The highest BCUT2D eigenvalue weighted by atomic mass is 16.5. The normalized spacial score (nSPS) is 10.4. The first-order chi connectivity index (χ1) is 10.9. The van der Waals surface area contributed by atoms with Gasteiger partial charge in [-0.15, -0.1) is 0 Å². The van der Waals surface area contributed by atoms with Crippen molar-refractivity contribution >= 4 is 17.6 Å². The lowest BCUT2D eigenvalue weighted by Crippen LogP contribution is -2.20. The number of nitrogens with zero attached hydrogens (tertiary/aromatic N) is 2. The molecule has 0 radical (unpaired) electrons. The molecule has 122 valence electrons. The van der Waals surface area contributed by atoms with Crippen LogP contribution in [0.3, 0.4) is 0 Å². The topological polar surface area (TPSA) is 93.5 Å². The van der Waals surface area contributed by atoms with Crippen LogP contribution in [0.1, 0.15) is 17.0 Å². The second-order valence-corrected chi connectivity index (χ2v) is 5.23. The summed E-state index contributed by atoms with van der Waals surface area (Å²) < 4.78 is 7.22. The molecule has 1 heterocycles. The molecule has 0 aliphatic heterocycles. The number of carboxylic acid groups (broad SMARTS) is 1. The predicted octanol–water partition coefficient (Wildman–Crippen LogP) is 1.68. The van der Waals surface area contributed by atoms with Gasteiger partial charge in [0.1, 0.15) is 5.69 Å². The van der Waals surface area contributed by atoms with E-state index in [1.54, 1.807) is 28.9 Å². The van der Waals surface area contributed by atoms with E-state index in [2.05, 4.69) is 10.4 Å². The summed E-state index contributed by atoms with van der Waals surface area (Å²) in [5.41, 5.74) is 2.85. The number of rotatable bonds is 6. The first-order valence-electron chi connectivity index (χ1n) is 7.10. The van der Waals surface area contributed by atoms with Crippen LogP contribution < -0.4 is 10.1 Å². The molecule has 1 aromatic carbocycles. The van der Waals surface area contributed by atoms with Crippen molar-refractivity contribution in [2.24, 2.45) is 7.05 Å². The summed E-state index contributed by atoms with van der Waals surface area (Å²) in [5, 5.41) is 15.6. The van der Waals surface area contributed by atoms with Crippen molar-refractivity contribution in [1.82, 2.24) is 9.78 Å². The second-order valence-electron chi connectivity index (χ2n) is 5.23. The number of carbonyl (C=O) groups is 2. The summed E-state index contributed by atoms with van der Waals surface area (Å²) in [6.07, 6.45) is -0.0447. The van der Waals surface area contributed by atoms with Gasteiger partial charge >= 0.3 is 5.97 Å². The van der Waals surface area contributed by atoms with Crippen LogP contribution >= 0.6 is 0 Å². The summed E-state index contributed by atoms with van der Waals surface area (Å²) in [6, 6.07) is 6.66. The standard InChI is InChI=1S/C16H19N3O4/c1-10-16(11(2)19(3)18-10)23-9-14(20)17-13-6-4-12(5-7-13)8-15(21)22/h4-7H,8-9H2,1-3H3,(H,17,20)(H,21,22). The van der Waals surface area contributed by atoms with E-state index >= 15 is 0 Å². The van der Waals surface area contributed by atoms with Crippen LogP contribution in [0.5, 0.6) is 5.75 Å². The lowest BCUT2D eigenvalue weighted by Gasteiger charge is -2.08. The van der Waals surface area contributed by atoms with E-state index in [0.29, 0.717) is 17.0 Å². The van der Waals surface area contributed by atoms with E-state index in [1.165, 1.54) is 0 Å². The van der Waals surface area contributed by atoms with Gasteiger partial charge in [-0.2, -0.15) is 5.10 Å². The van der Waals surface area contributed by atoms with E-state index in [0.717, 1.165) is 11.4 Å². The second kappa shape index (κ2) is 6.95. The van der Waals surface area contributed by atoms with Gasteiger partial charge in [0.25, 0.3) is 5.91 Å². The van der Waals surface area contributed by atoms with Crippen molar-refractivity contribution in [1.29, 1.82) is 0 Å². The first-order valence-corrected chi connectivity index (χ1v) is 7.10. The molecule has 0 bridgehead atoms. The number of carbonyl (C=O) groups excluding carboxylic acids is 1. The van der Waals surface area contributed by atoms with Crippen LogP contribution in [-0.2, 0) is 23.1 Å². The van der Waals surface area contributed by atoms with Crippen LogP contribution in [0.15, 0.2) is 24.3 Å². The smallest absolute Gasteiger partial charge is 0.307 e. The molecular formula is C16H19N3O4. The van der Waals surface area contributed by atoms with Crippen molar-refractivity contribution in [2.75, 3.05) is 11.9 Å². The molecule has 23 heavy (non-hydrogen) atoms. The minimum absolute atomic E-state index is 0.0447. The van der Waals surface area contributed by atoms with E-state index in [9.17, 15) is 9.59 Å². The number of amides is 1. The summed E-state index contributed by atoms with van der Waals surface area (Å²) in [7, 11) is 1.81. The summed E-state index contributed by atoms with van der Waals surface area (Å²) >= 11 is 0. The van der Waals surface area contributed by atoms with Crippen molar-refractivity contribution < 1.29 is 19.4 Å². The number of carboxylic acids is 1. The Balaban J connectivity index is 1.90. The summed E-state index contributed by atoms with van der Waals surface area (Å²) in [6.45, 7) is 3.57. The SMILES string of the molecule is Cc1nn(C)c(C)c1OCC(=O)Nc1ccc(CC(=O)O)cc1. The monoisotopic (exact) mass is 317 g/mol. The van der Waals surface area contributed by atoms with Crippen LogP contribution in [0.25, 0.3) is 0 Å². The molecule has 7 nitrogen and oxygen atoms in total. The van der Waals surface area contributed by atoms with Crippen molar-refractivity contribution in [3.8, 4) is 5.75 Å². The number of aromatic nitrogens is 2. The van der Waals surface area contributed by atoms with Gasteiger partial charge in [0.15, 0.2) is 12.4 Å². The molecule has 0 saturated carbocycles. The molecule has 2 N–H and O–H groups in total. The largest absolute Gasteiger partial charge is 0.481 e. The molecule has 0 aliphatic rings. The van der Waals surface area contributed by atoms with Gasteiger partial charge in [-0.3, -0.25) is 14.3 Å². The van der Waals surface area contributed by atoms with Crippen LogP contribution in [0.4, 0.5) is 5.69 Å². The molecule has 0 spiro atoms. The Morgan fingerprint density at radius 2 is 1.91 bits per heavy atom. The van der Waals surface area contributed by atoms with Gasteiger partial charge in [0.05, 0.1) is 12.1 Å². The highest BCUT2D eigenvalue weighted by Crippen LogP contribution is 2.21. The number of anilines is 1. The van der Waals surface area contributed by atoms with Crippen LogP contribution in [0, 0.1) is 13.8 Å². The van der Waals surface area contributed by atoms with Crippen LogP contribution in [-0.4, -0.2) is 33.4 Å². The molecule has 0 aliphatic carbocycles. The van der Waals surface area contributed by atoms with Gasteiger partial charge < -0.3 is 15.2 Å². The molecule has 0 unspecified atom stereocenters. The minimum Gasteiger partial charge on any atom is -0.481 e. The number of hydrogen-bond acceptors (Lipinski definition) is 4. The number of aryl methyl sites for hydroxylation is 2. The average molecular weight is 317 g/mol. The molecule has 1 aromatic heterocycles. The quantitative estimate of drug-likeness (QED) is 0.845. The Bertz CT molecular complexity index is 720. The fourth-order valence-corrected chi connectivity index (χ4v) is 2.18. The van der Waals surface area contributed by atoms with Crippen molar-refractivity contribution in [3.63, 3.8) is 0 Å². The van der Waals surface area contributed by atoms with Crippen LogP contribution in [0.2, 0.25) is 0 Å². The van der Waals surface area contributed by atoms with Gasteiger partial charge in [-0.25, -0.2) is 0 Å². The van der Waals surface area contributed by atoms with Crippen molar-refractivity contribution in [3.05, 3.63) is 41.2 Å². The number of hydrogen-bond donors (Lipinski definition) is 2. The Morgan fingerprint density at radius 3 is 2.43 bits per heavy atom. The Labute approximate surface area is 133 Å². The highest BCUT2D eigenvalue weighted by Gasteiger charge is 2.12. The molecule has 1 amide bonds. The Kier molecular flexibility index (Phi) is 5.00. The maximum Gasteiger partial charge on any atom is 0.307 e. The molecule has 0 fully saturated rings. The zero-order valence-electron chi connectivity index (χ0n) is 13.3. The fourth-order valence-electron chi connectivity index (χ4n) is 2.18. The fraction of sp³-hybridized carbons (Fsp3) is 0.312. The zero-order chi connectivity index (χ0) is 17.0. The third-order valence-electron chi connectivity index (χ3n) is 3.38. The number of nitrogens with one attached hydrogen (secondary N) is 1. The zero-order valence-corrected chi connectivity index (χ0v) is 13.3. The molecule has 0 atom stereocenters. The van der Waals surface area contributed by atoms with Gasteiger partial charge in [-0.05, 0) is 31.5 Å². The molecule has 2 rings (SSSR count). The van der Waals surface area contributed by atoms with E-state index in [4.69, 9.17) is 9.84 Å². The highest BCUT2D eigenvalue weighted by molar-refractivity contribution is 5.91. The van der Waals surface area contributed by atoms with Crippen molar-refractivity contribution in [2.45, 2.75) is 20.3 Å². The number of ether oxygens (including phenoxy) is 1. The maximum atomic E-state index is 11.9. The van der Waals surface area contributed by atoms with Gasteiger partial charge in [0, 0.05) is 12.7 Å². The average Bonchev–Trinajstić information content (AvgIpc) is 2.72. The summed E-state index contributed by atoms with van der Waals surface area (Å²) in [4.78, 5) is 22.5. The Hall–Kier alpha value is -2.83.